The number of nitrogens with zero attached hydrogens (tertiary/aromatic N) is 2. The molecule has 1 aliphatic heterocycles. The first-order valence-electron chi connectivity index (χ1n) is 9.47. The van der Waals surface area contributed by atoms with Crippen molar-refractivity contribution in [3.63, 3.8) is 0 Å². The van der Waals surface area contributed by atoms with Crippen LogP contribution in [0.15, 0.2) is 17.1 Å². The van der Waals surface area contributed by atoms with Gasteiger partial charge in [-0.05, 0) is 57.9 Å². The molecule has 1 saturated heterocycles. The molecule has 0 radical (unpaired) electrons. The van der Waals surface area contributed by atoms with Crippen molar-refractivity contribution in [2.24, 2.45) is 5.41 Å². The number of amides is 1. The Balaban J connectivity index is 1.64. The maximum absolute atomic E-state index is 12.5. The highest BCUT2D eigenvalue weighted by Crippen LogP contribution is 2.54. The zero-order chi connectivity index (χ0) is 20.7. The topological polar surface area (TPSA) is 106 Å². The van der Waals surface area contributed by atoms with Gasteiger partial charge in [-0.15, -0.1) is 0 Å². The van der Waals surface area contributed by atoms with Crippen molar-refractivity contribution in [2.75, 3.05) is 13.1 Å². The van der Waals surface area contributed by atoms with E-state index in [-0.39, 0.29) is 28.7 Å². The molecule has 2 heterocycles. The van der Waals surface area contributed by atoms with Gasteiger partial charge in [0.25, 0.3) is 5.56 Å². The molecule has 0 aromatic carbocycles. The fraction of sp³-hybridized carbons (Fsp3) is 0.600. The predicted molar refractivity (Wildman–Crippen MR) is 101 cm³/mol. The number of aromatic carboxylic acids is 1. The lowest BCUT2D eigenvalue weighted by Gasteiger charge is -2.52. The highest BCUT2D eigenvalue weighted by atomic mass is 16.6. The van der Waals surface area contributed by atoms with Crippen LogP contribution < -0.4 is 5.56 Å². The smallest absolute Gasteiger partial charge is 0.410 e. The molecule has 1 spiro atoms. The van der Waals surface area contributed by atoms with Crippen LogP contribution in [-0.4, -0.2) is 51.6 Å². The Morgan fingerprint density at radius 1 is 1.25 bits per heavy atom. The minimum Gasteiger partial charge on any atom is -0.478 e. The summed E-state index contributed by atoms with van der Waals surface area (Å²) in [6, 6.07) is 1.26. The van der Waals surface area contributed by atoms with Gasteiger partial charge in [0, 0.05) is 25.3 Å². The second-order valence-electron chi connectivity index (χ2n) is 8.81. The summed E-state index contributed by atoms with van der Waals surface area (Å²) in [6.45, 7) is 6.76. The van der Waals surface area contributed by atoms with Crippen molar-refractivity contribution in [2.45, 2.75) is 58.1 Å². The van der Waals surface area contributed by atoms with E-state index in [1.54, 1.807) is 4.90 Å². The van der Waals surface area contributed by atoms with Crippen LogP contribution in [0.4, 0.5) is 4.79 Å². The van der Waals surface area contributed by atoms with E-state index in [0.29, 0.717) is 19.4 Å². The molecule has 1 amide bonds. The van der Waals surface area contributed by atoms with Crippen LogP contribution in [-0.2, 0) is 4.74 Å². The Morgan fingerprint density at radius 3 is 2.36 bits per heavy atom. The molecule has 1 aromatic rings. The normalized spacial score (nSPS) is 19.2. The van der Waals surface area contributed by atoms with Crippen molar-refractivity contribution in [1.29, 1.82) is 0 Å². The average molecular weight is 390 g/mol. The van der Waals surface area contributed by atoms with Crippen LogP contribution in [0.3, 0.4) is 0 Å². The van der Waals surface area contributed by atoms with Gasteiger partial charge >= 0.3 is 12.1 Å². The summed E-state index contributed by atoms with van der Waals surface area (Å²) >= 11 is 0. The summed E-state index contributed by atoms with van der Waals surface area (Å²) in [6.07, 6.45) is 4.72. The minimum atomic E-state index is -1.29. The Kier molecular flexibility index (Phi) is 5.08. The molecular formula is C20H26N2O6. The van der Waals surface area contributed by atoms with Crippen molar-refractivity contribution >= 4 is 18.3 Å². The van der Waals surface area contributed by atoms with Crippen molar-refractivity contribution in [3.05, 3.63) is 33.7 Å². The lowest BCUT2D eigenvalue weighted by atomic mass is 9.60. The number of carboxylic acid groups (broad SMARTS) is 1. The van der Waals surface area contributed by atoms with Gasteiger partial charge < -0.3 is 19.3 Å². The van der Waals surface area contributed by atoms with E-state index in [1.807, 2.05) is 20.8 Å². The van der Waals surface area contributed by atoms with Crippen LogP contribution in [0.2, 0.25) is 0 Å². The summed E-state index contributed by atoms with van der Waals surface area (Å²) in [5.41, 5.74) is -1.57. The number of aromatic nitrogens is 1. The summed E-state index contributed by atoms with van der Waals surface area (Å²) in [4.78, 5) is 48.8. The summed E-state index contributed by atoms with van der Waals surface area (Å²) < 4.78 is 6.89. The van der Waals surface area contributed by atoms with Gasteiger partial charge in [-0.1, -0.05) is 0 Å². The van der Waals surface area contributed by atoms with Gasteiger partial charge in [0.05, 0.1) is 11.1 Å². The number of rotatable bonds is 3. The van der Waals surface area contributed by atoms with Gasteiger partial charge in [0.15, 0.2) is 6.29 Å². The number of piperidine rings is 1. The molecule has 1 saturated carbocycles. The lowest BCUT2D eigenvalue weighted by molar-refractivity contribution is -0.0241. The fourth-order valence-corrected chi connectivity index (χ4v) is 4.19. The molecule has 1 aromatic heterocycles. The standard InChI is InChI=1S/C20H26N2O6/c1-19(2,3)28-18(27)21-8-5-20(6-9-21)10-13(11-20)22-7-4-14(17(25)26)15(12-23)16(22)24/h4,7,12-13H,5-6,8-11H2,1-3H3,(H,25,26). The molecule has 8 nitrogen and oxygen atoms in total. The van der Waals surface area contributed by atoms with E-state index in [2.05, 4.69) is 0 Å². The first-order chi connectivity index (χ1) is 13.1. The molecule has 1 N–H and O–H groups in total. The molecule has 8 heteroatoms. The number of likely N-dealkylation sites (tertiary alicyclic amines) is 1. The SMILES string of the molecule is CC(C)(C)OC(=O)N1CCC2(CC1)CC(n1ccc(C(=O)O)c(C=O)c1=O)C2. The number of hydrogen-bond donors (Lipinski definition) is 1. The maximum atomic E-state index is 12.5. The Bertz CT molecular complexity index is 850. The number of hydrogen-bond acceptors (Lipinski definition) is 5. The largest absolute Gasteiger partial charge is 0.478 e. The molecule has 3 rings (SSSR count). The number of aldehydes is 1. The quantitative estimate of drug-likeness (QED) is 0.796. The van der Waals surface area contributed by atoms with E-state index in [9.17, 15) is 19.2 Å². The Hall–Kier alpha value is -2.64. The predicted octanol–water partition coefficient (Wildman–Crippen LogP) is 2.71. The van der Waals surface area contributed by atoms with Gasteiger partial charge in [-0.3, -0.25) is 9.59 Å². The second-order valence-corrected chi connectivity index (χ2v) is 8.81. The third-order valence-corrected chi connectivity index (χ3v) is 5.71. The zero-order valence-electron chi connectivity index (χ0n) is 16.4. The van der Waals surface area contributed by atoms with E-state index in [1.165, 1.54) is 16.8 Å². The van der Waals surface area contributed by atoms with Crippen molar-refractivity contribution in [3.8, 4) is 0 Å². The number of ether oxygens (including phenoxy) is 1. The van der Waals surface area contributed by atoms with E-state index in [0.717, 1.165) is 25.7 Å². The first-order valence-corrected chi connectivity index (χ1v) is 9.47. The molecular weight excluding hydrogens is 364 g/mol. The van der Waals surface area contributed by atoms with Crippen LogP contribution in [0.25, 0.3) is 0 Å². The van der Waals surface area contributed by atoms with Crippen LogP contribution >= 0.6 is 0 Å². The van der Waals surface area contributed by atoms with E-state index < -0.39 is 17.1 Å². The molecule has 2 aliphatic rings. The Morgan fingerprint density at radius 2 is 1.86 bits per heavy atom. The van der Waals surface area contributed by atoms with Crippen LogP contribution in [0.5, 0.6) is 0 Å². The average Bonchev–Trinajstić information content (AvgIpc) is 2.58. The van der Waals surface area contributed by atoms with Crippen LogP contribution in [0, 0.1) is 5.41 Å². The Labute approximate surface area is 163 Å². The molecule has 2 fully saturated rings. The molecule has 0 atom stereocenters. The molecule has 0 unspecified atom stereocenters. The number of carbonyl (C=O) groups is 3. The third kappa shape index (κ3) is 3.81. The van der Waals surface area contributed by atoms with E-state index in [4.69, 9.17) is 9.84 Å². The minimum absolute atomic E-state index is 0.0536. The maximum Gasteiger partial charge on any atom is 0.410 e. The van der Waals surface area contributed by atoms with Gasteiger partial charge in [-0.25, -0.2) is 9.59 Å². The highest BCUT2D eigenvalue weighted by Gasteiger charge is 2.47. The van der Waals surface area contributed by atoms with Gasteiger partial charge in [0.2, 0.25) is 0 Å². The highest BCUT2D eigenvalue weighted by molar-refractivity contribution is 5.96. The monoisotopic (exact) mass is 390 g/mol. The lowest BCUT2D eigenvalue weighted by Crippen LogP contribution is -2.51. The van der Waals surface area contributed by atoms with Crippen molar-refractivity contribution < 1.29 is 24.2 Å². The molecule has 152 valence electrons. The second kappa shape index (κ2) is 7.07. The van der Waals surface area contributed by atoms with Gasteiger partial charge in [-0.2, -0.15) is 0 Å². The first kappa shape index (κ1) is 20.1. The molecule has 28 heavy (non-hydrogen) atoms. The number of carboxylic acids is 1. The van der Waals surface area contributed by atoms with Crippen LogP contribution in [0.1, 0.15) is 73.2 Å². The summed E-state index contributed by atoms with van der Waals surface area (Å²) in [5, 5.41) is 9.11. The van der Waals surface area contributed by atoms with Crippen molar-refractivity contribution in [1.82, 2.24) is 9.47 Å². The molecule has 1 aliphatic carbocycles. The summed E-state index contributed by atoms with van der Waals surface area (Å²) in [7, 11) is 0. The number of carbonyl (C=O) groups excluding carboxylic acids is 2. The number of pyridine rings is 1. The van der Waals surface area contributed by atoms with Gasteiger partial charge in [0.1, 0.15) is 5.60 Å². The van der Waals surface area contributed by atoms with E-state index >= 15 is 0 Å². The molecule has 0 bridgehead atoms. The third-order valence-electron chi connectivity index (χ3n) is 5.71. The summed E-state index contributed by atoms with van der Waals surface area (Å²) in [5.74, 6) is -1.29. The zero-order valence-corrected chi connectivity index (χ0v) is 16.4. The fourth-order valence-electron chi connectivity index (χ4n) is 4.19.